The number of ether oxygens (including phenoxy) is 2. The maximum absolute atomic E-state index is 11.5. The minimum absolute atomic E-state index is 0.0198. The fourth-order valence-electron chi connectivity index (χ4n) is 1.33. The van der Waals surface area contributed by atoms with E-state index in [0.29, 0.717) is 17.2 Å². The molecule has 3 N–H and O–H groups in total. The van der Waals surface area contributed by atoms with Gasteiger partial charge in [0, 0.05) is 12.6 Å². The van der Waals surface area contributed by atoms with E-state index in [1.165, 1.54) is 14.2 Å². The van der Waals surface area contributed by atoms with Crippen molar-refractivity contribution < 1.29 is 24.2 Å². The van der Waals surface area contributed by atoms with E-state index in [4.69, 9.17) is 14.6 Å². The van der Waals surface area contributed by atoms with Crippen molar-refractivity contribution in [3.05, 3.63) is 18.2 Å². The Bertz CT molecular complexity index is 461. The Kier molecular flexibility index (Phi) is 5.62. The van der Waals surface area contributed by atoms with Crippen molar-refractivity contribution in [1.82, 2.24) is 5.32 Å². The van der Waals surface area contributed by atoms with Gasteiger partial charge in [0.1, 0.15) is 11.5 Å². The summed E-state index contributed by atoms with van der Waals surface area (Å²) in [5.41, 5.74) is 0.354. The predicted octanol–water partition coefficient (Wildman–Crippen LogP) is -0.249. The Morgan fingerprint density at radius 1 is 1.21 bits per heavy atom. The van der Waals surface area contributed by atoms with Crippen LogP contribution in [0.5, 0.6) is 11.5 Å². The molecule has 1 aromatic rings. The molecule has 0 atom stereocenters. The minimum atomic E-state index is -0.836. The van der Waals surface area contributed by atoms with Crippen LogP contribution in [0, 0.1) is 0 Å². The Labute approximate surface area is 110 Å². The second kappa shape index (κ2) is 7.22. The standard InChI is InChI=1S/C12H16N2O5/c1-18-8-3-4-9(10(7-8)19-2)14-12(17)11(16)13-5-6-15/h3-4,7,15H,5-6H2,1-2H3,(H,13,16)(H,14,17). The van der Waals surface area contributed by atoms with Crippen molar-refractivity contribution in [2.75, 3.05) is 32.7 Å². The van der Waals surface area contributed by atoms with Gasteiger partial charge < -0.3 is 25.2 Å². The lowest BCUT2D eigenvalue weighted by Crippen LogP contribution is -2.36. The molecule has 1 rings (SSSR count). The molecule has 0 radical (unpaired) electrons. The molecule has 19 heavy (non-hydrogen) atoms. The van der Waals surface area contributed by atoms with E-state index in [0.717, 1.165) is 0 Å². The van der Waals surface area contributed by atoms with E-state index in [1.807, 2.05) is 0 Å². The van der Waals surface area contributed by atoms with Crippen molar-refractivity contribution in [3.63, 3.8) is 0 Å². The minimum Gasteiger partial charge on any atom is -0.497 e. The molecule has 0 aliphatic heterocycles. The molecule has 0 aromatic heterocycles. The van der Waals surface area contributed by atoms with Crippen LogP contribution in [0.15, 0.2) is 18.2 Å². The molecule has 104 valence electrons. The van der Waals surface area contributed by atoms with Crippen LogP contribution in [-0.2, 0) is 9.59 Å². The monoisotopic (exact) mass is 268 g/mol. The molecule has 7 heteroatoms. The van der Waals surface area contributed by atoms with Gasteiger partial charge in [-0.15, -0.1) is 0 Å². The molecule has 0 spiro atoms. The quantitative estimate of drug-likeness (QED) is 0.640. The average molecular weight is 268 g/mol. The fourth-order valence-corrected chi connectivity index (χ4v) is 1.33. The van der Waals surface area contributed by atoms with Gasteiger partial charge in [-0.1, -0.05) is 0 Å². The smallest absolute Gasteiger partial charge is 0.313 e. The van der Waals surface area contributed by atoms with Gasteiger partial charge in [-0.05, 0) is 12.1 Å². The summed E-state index contributed by atoms with van der Waals surface area (Å²) in [6.45, 7) is -0.211. The molecule has 7 nitrogen and oxygen atoms in total. The SMILES string of the molecule is COc1ccc(NC(=O)C(=O)NCCO)c(OC)c1. The first-order valence-corrected chi connectivity index (χ1v) is 5.54. The largest absolute Gasteiger partial charge is 0.497 e. The zero-order valence-corrected chi connectivity index (χ0v) is 10.7. The summed E-state index contributed by atoms with van der Waals surface area (Å²) in [5.74, 6) is -0.717. The Morgan fingerprint density at radius 3 is 2.53 bits per heavy atom. The third-order valence-electron chi connectivity index (χ3n) is 2.26. The molecule has 0 heterocycles. The summed E-state index contributed by atoms with van der Waals surface area (Å²) >= 11 is 0. The number of nitrogens with one attached hydrogen (secondary N) is 2. The molecule has 0 fully saturated rings. The molecular weight excluding hydrogens is 252 g/mol. The Hall–Kier alpha value is -2.28. The van der Waals surface area contributed by atoms with Crippen LogP contribution in [0.1, 0.15) is 0 Å². The van der Waals surface area contributed by atoms with Crippen LogP contribution in [-0.4, -0.2) is 44.3 Å². The third kappa shape index (κ3) is 4.14. The molecule has 0 aliphatic rings. The molecule has 0 bridgehead atoms. The molecule has 0 unspecified atom stereocenters. The summed E-state index contributed by atoms with van der Waals surface area (Å²) in [6, 6.07) is 4.78. The number of anilines is 1. The van der Waals surface area contributed by atoms with Gasteiger partial charge in [-0.2, -0.15) is 0 Å². The summed E-state index contributed by atoms with van der Waals surface area (Å²) in [5, 5.41) is 13.2. The lowest BCUT2D eigenvalue weighted by atomic mass is 10.2. The van der Waals surface area contributed by atoms with Crippen LogP contribution < -0.4 is 20.1 Å². The topological polar surface area (TPSA) is 96.9 Å². The first-order chi connectivity index (χ1) is 9.12. The summed E-state index contributed by atoms with van der Waals surface area (Å²) < 4.78 is 10.1. The van der Waals surface area contributed by atoms with Crippen molar-refractivity contribution in [1.29, 1.82) is 0 Å². The molecule has 0 saturated heterocycles. The number of methoxy groups -OCH3 is 2. The van der Waals surface area contributed by atoms with Crippen molar-refractivity contribution in [3.8, 4) is 11.5 Å². The highest BCUT2D eigenvalue weighted by Crippen LogP contribution is 2.28. The highest BCUT2D eigenvalue weighted by atomic mass is 16.5. The van der Waals surface area contributed by atoms with Crippen molar-refractivity contribution in [2.24, 2.45) is 0 Å². The Morgan fingerprint density at radius 2 is 1.95 bits per heavy atom. The first-order valence-electron chi connectivity index (χ1n) is 5.54. The summed E-state index contributed by atoms with van der Waals surface area (Å²) in [4.78, 5) is 22.9. The molecular formula is C12H16N2O5. The molecule has 0 saturated carbocycles. The predicted molar refractivity (Wildman–Crippen MR) is 68.3 cm³/mol. The number of carbonyl (C=O) groups is 2. The van der Waals surface area contributed by atoms with E-state index in [1.54, 1.807) is 18.2 Å². The zero-order valence-electron chi connectivity index (χ0n) is 10.7. The van der Waals surface area contributed by atoms with Crippen molar-refractivity contribution in [2.45, 2.75) is 0 Å². The molecule has 1 aromatic carbocycles. The highest BCUT2D eigenvalue weighted by Gasteiger charge is 2.15. The van der Waals surface area contributed by atoms with Crippen LogP contribution in [0.2, 0.25) is 0 Å². The van der Waals surface area contributed by atoms with Gasteiger partial charge in [-0.3, -0.25) is 9.59 Å². The highest BCUT2D eigenvalue weighted by molar-refractivity contribution is 6.39. The normalized spacial score (nSPS) is 9.63. The number of rotatable bonds is 5. The van der Waals surface area contributed by atoms with E-state index in [2.05, 4.69) is 10.6 Å². The number of carbonyl (C=O) groups excluding carboxylic acids is 2. The van der Waals surface area contributed by atoms with Gasteiger partial charge in [0.2, 0.25) is 0 Å². The van der Waals surface area contributed by atoms with E-state index >= 15 is 0 Å². The number of aliphatic hydroxyl groups excluding tert-OH is 1. The number of benzene rings is 1. The van der Waals surface area contributed by atoms with Gasteiger partial charge in [-0.25, -0.2) is 0 Å². The summed E-state index contributed by atoms with van der Waals surface area (Å²) in [7, 11) is 2.95. The Balaban J connectivity index is 2.76. The fraction of sp³-hybridized carbons (Fsp3) is 0.333. The lowest BCUT2D eigenvalue weighted by Gasteiger charge is -2.11. The second-order valence-corrected chi connectivity index (χ2v) is 3.50. The van der Waals surface area contributed by atoms with Gasteiger partial charge in [0.05, 0.1) is 26.5 Å². The van der Waals surface area contributed by atoms with E-state index < -0.39 is 11.8 Å². The van der Waals surface area contributed by atoms with E-state index in [-0.39, 0.29) is 13.2 Å². The van der Waals surface area contributed by atoms with E-state index in [9.17, 15) is 9.59 Å². The molecule has 0 aliphatic carbocycles. The molecule has 2 amide bonds. The van der Waals surface area contributed by atoms with Crippen LogP contribution >= 0.6 is 0 Å². The number of hydrogen-bond donors (Lipinski definition) is 3. The van der Waals surface area contributed by atoms with Gasteiger partial charge in [0.15, 0.2) is 0 Å². The van der Waals surface area contributed by atoms with Gasteiger partial charge >= 0.3 is 11.8 Å². The second-order valence-electron chi connectivity index (χ2n) is 3.50. The van der Waals surface area contributed by atoms with Crippen LogP contribution in [0.3, 0.4) is 0 Å². The van der Waals surface area contributed by atoms with Crippen LogP contribution in [0.4, 0.5) is 5.69 Å². The maximum atomic E-state index is 11.5. The number of hydrogen-bond acceptors (Lipinski definition) is 5. The number of amides is 2. The lowest BCUT2D eigenvalue weighted by molar-refractivity contribution is -0.136. The zero-order chi connectivity index (χ0) is 14.3. The van der Waals surface area contributed by atoms with Crippen LogP contribution in [0.25, 0.3) is 0 Å². The van der Waals surface area contributed by atoms with Gasteiger partial charge in [0.25, 0.3) is 0 Å². The summed E-state index contributed by atoms with van der Waals surface area (Å²) in [6.07, 6.45) is 0. The maximum Gasteiger partial charge on any atom is 0.313 e. The average Bonchev–Trinajstić information content (AvgIpc) is 2.44. The van der Waals surface area contributed by atoms with Crippen molar-refractivity contribution >= 4 is 17.5 Å². The number of aliphatic hydroxyl groups is 1. The third-order valence-corrected chi connectivity index (χ3v) is 2.26. The first kappa shape index (κ1) is 14.8.